The zero-order valence-corrected chi connectivity index (χ0v) is 48.5. The first kappa shape index (κ1) is 61.9. The zero-order valence-electron chi connectivity index (χ0n) is 42.3. The van der Waals surface area contributed by atoms with Gasteiger partial charge >= 0.3 is 0 Å². The largest absolute Gasteiger partial charge is 0.366 e. The molecule has 0 radical (unpaired) electrons. The second-order valence-corrected chi connectivity index (χ2v) is 24.1. The number of nitrogens with zero attached hydrogens (tertiary/aromatic N) is 10. The van der Waals surface area contributed by atoms with Crippen LogP contribution in [0.4, 0.5) is 0 Å². The zero-order chi connectivity index (χ0) is 51.5. The van der Waals surface area contributed by atoms with Gasteiger partial charge in [0, 0.05) is 46.6 Å². The molecule has 392 valence electrons. The van der Waals surface area contributed by atoms with E-state index in [9.17, 15) is 16.8 Å². The van der Waals surface area contributed by atoms with Crippen molar-refractivity contribution in [1.82, 2.24) is 49.5 Å². The van der Waals surface area contributed by atoms with Crippen molar-refractivity contribution in [2.45, 2.75) is 149 Å². The third kappa shape index (κ3) is 15.8. The lowest BCUT2D eigenvalue weighted by Crippen LogP contribution is -2.32. The average molecular weight is 1180 g/mol. The Hall–Kier alpha value is -4.43. The molecule has 5 atom stereocenters. The molecule has 0 fully saturated rings. The van der Waals surface area contributed by atoms with Gasteiger partial charge in [-0.15, -0.1) is 33.6 Å². The van der Waals surface area contributed by atoms with Crippen LogP contribution in [0.1, 0.15) is 131 Å². The summed E-state index contributed by atoms with van der Waals surface area (Å²) >= 11 is 7.24. The molecule has 1 unspecified atom stereocenters. The van der Waals surface area contributed by atoms with Crippen LogP contribution in [0.3, 0.4) is 0 Å². The Bertz CT molecular complexity index is 2710. The van der Waals surface area contributed by atoms with Gasteiger partial charge in [-0.25, -0.2) is 36.8 Å². The van der Waals surface area contributed by atoms with Gasteiger partial charge in [-0.1, -0.05) is 43.8 Å². The van der Waals surface area contributed by atoms with Crippen LogP contribution in [0.15, 0.2) is 95.4 Å². The highest BCUT2D eigenvalue weighted by molar-refractivity contribution is 9.11. The predicted octanol–water partition coefficient (Wildman–Crippen LogP) is 10.7. The summed E-state index contributed by atoms with van der Waals surface area (Å²) in [5.74, 6) is 2.12. The average Bonchev–Trinajstić information content (AvgIpc) is 3.87. The monoisotopic (exact) mass is 1170 g/mol. The summed E-state index contributed by atoms with van der Waals surface area (Å²) in [5.41, 5.74) is 5.37. The molecule has 0 spiro atoms. The molecule has 0 N–H and O–H groups in total. The maximum absolute atomic E-state index is 13.7. The third-order valence-electron chi connectivity index (χ3n) is 11.2. The van der Waals surface area contributed by atoms with Crippen molar-refractivity contribution < 1.29 is 26.3 Å². The fourth-order valence-corrected chi connectivity index (χ4v) is 11.5. The SMILES string of the molecule is C.C=CCCc1nnc(CS(=O)(=O)[C@@H](C)[C@@H](OC(C)C)c2ncc(C)cn2)n1-c1c(C)cccc1Br.C=CCCc1nnc(CS(=O)(=O)[C@@H](C)[C@@H](OC(C)C)c2ncc(C)cn2)n1-c1c(C)cccc1Br.P. The van der Waals surface area contributed by atoms with Crippen LogP contribution in [-0.2, 0) is 53.5 Å². The Morgan fingerprint density at radius 3 is 1.18 bits per heavy atom. The topological polar surface area (TPSA) is 200 Å². The number of halogens is 2. The lowest BCUT2D eigenvalue weighted by molar-refractivity contribution is 0.00120. The van der Waals surface area contributed by atoms with Crippen molar-refractivity contribution in [1.29, 1.82) is 0 Å². The highest BCUT2D eigenvalue weighted by atomic mass is 79.9. The molecular formula is C51H71Br2N10O6PS2. The van der Waals surface area contributed by atoms with Gasteiger partial charge in [0.25, 0.3) is 0 Å². The first-order valence-corrected chi connectivity index (χ1v) is 28.0. The van der Waals surface area contributed by atoms with Crippen LogP contribution in [0, 0.1) is 27.7 Å². The number of hydrogen-bond donors (Lipinski definition) is 0. The number of aromatic nitrogens is 10. The number of allylic oxidation sites excluding steroid dienone is 2. The van der Waals surface area contributed by atoms with E-state index in [-0.39, 0.29) is 41.0 Å². The van der Waals surface area contributed by atoms with E-state index >= 15 is 0 Å². The summed E-state index contributed by atoms with van der Waals surface area (Å²) < 4.78 is 72.1. The fraction of sp³-hybridized carbons (Fsp3) is 0.451. The first-order valence-electron chi connectivity index (χ1n) is 23.0. The Labute approximate surface area is 447 Å². The van der Waals surface area contributed by atoms with Crippen LogP contribution in [0.5, 0.6) is 0 Å². The van der Waals surface area contributed by atoms with Gasteiger partial charge in [0.2, 0.25) is 0 Å². The minimum absolute atomic E-state index is 0. The van der Waals surface area contributed by atoms with Crippen LogP contribution in [-0.4, -0.2) is 89.0 Å². The van der Waals surface area contributed by atoms with Crippen LogP contribution < -0.4 is 0 Å². The lowest BCUT2D eigenvalue weighted by atomic mass is 10.2. The highest BCUT2D eigenvalue weighted by Crippen LogP contribution is 2.33. The molecule has 0 aliphatic rings. The van der Waals surface area contributed by atoms with Crippen molar-refractivity contribution in [2.75, 3.05) is 0 Å². The number of benzene rings is 2. The second-order valence-electron chi connectivity index (χ2n) is 17.7. The van der Waals surface area contributed by atoms with Crippen molar-refractivity contribution in [3.05, 3.63) is 153 Å². The van der Waals surface area contributed by atoms with Crippen LogP contribution in [0.25, 0.3) is 11.4 Å². The van der Waals surface area contributed by atoms with Gasteiger partial charge in [0.05, 0.1) is 34.1 Å². The van der Waals surface area contributed by atoms with E-state index in [0.717, 1.165) is 42.6 Å². The number of sulfone groups is 2. The van der Waals surface area contributed by atoms with Crippen molar-refractivity contribution in [2.24, 2.45) is 0 Å². The van der Waals surface area contributed by atoms with E-state index in [1.165, 1.54) is 0 Å². The summed E-state index contributed by atoms with van der Waals surface area (Å²) in [5, 5.41) is 15.5. The quantitative estimate of drug-likeness (QED) is 0.0459. The number of rotatable bonds is 22. The summed E-state index contributed by atoms with van der Waals surface area (Å²) in [6, 6.07) is 11.7. The Morgan fingerprint density at radius 2 is 0.889 bits per heavy atom. The van der Waals surface area contributed by atoms with Gasteiger partial charge in [0.15, 0.2) is 43.0 Å². The predicted molar refractivity (Wildman–Crippen MR) is 298 cm³/mol. The van der Waals surface area contributed by atoms with Crippen LogP contribution in [0.2, 0.25) is 0 Å². The standard InChI is InChI=1S/2C25H32BrN5O3S.CH4.H3P/c2*1-7-8-12-21-29-30-22(31(21)23-18(5)10-9-11-20(23)26)15-35(32,33)19(6)24(34-16(2)3)25-27-13-17(4)14-28-25;;/h2*7,9-11,13-14,16,19,24H,1,8,12,15H2,2-6H3;1H4;1H3/t2*19-,24+;;/m00../s1. The van der Waals surface area contributed by atoms with Crippen molar-refractivity contribution >= 4 is 61.4 Å². The number of ether oxygens (including phenoxy) is 2. The Kier molecular flexibility index (Phi) is 23.8. The molecule has 16 nitrogen and oxygen atoms in total. The smallest absolute Gasteiger partial charge is 0.163 e. The van der Waals surface area contributed by atoms with Crippen molar-refractivity contribution in [3.8, 4) is 11.4 Å². The van der Waals surface area contributed by atoms with E-state index in [1.54, 1.807) is 50.8 Å². The minimum atomic E-state index is -3.74. The van der Waals surface area contributed by atoms with Gasteiger partial charge < -0.3 is 9.47 Å². The molecule has 72 heavy (non-hydrogen) atoms. The van der Waals surface area contributed by atoms with E-state index in [0.29, 0.717) is 60.6 Å². The second kappa shape index (κ2) is 27.7. The molecule has 6 aromatic rings. The minimum Gasteiger partial charge on any atom is -0.366 e. The van der Waals surface area contributed by atoms with Gasteiger partial charge in [-0.05, 0) is 148 Å². The maximum atomic E-state index is 13.7. The molecule has 0 bridgehead atoms. The molecular weight excluding hydrogens is 1100 g/mol. The molecule has 6 rings (SSSR count). The molecule has 4 aromatic heterocycles. The van der Waals surface area contributed by atoms with Gasteiger partial charge in [-0.3, -0.25) is 9.13 Å². The van der Waals surface area contributed by atoms with E-state index < -0.39 is 42.4 Å². The summed E-state index contributed by atoms with van der Waals surface area (Å²) in [6.45, 7) is 26.0. The summed E-state index contributed by atoms with van der Waals surface area (Å²) in [6.07, 6.45) is 10.8. The van der Waals surface area contributed by atoms with Gasteiger partial charge in [0.1, 0.15) is 35.4 Å². The molecule has 2 aromatic carbocycles. The van der Waals surface area contributed by atoms with Gasteiger partial charge in [-0.2, -0.15) is 9.90 Å². The molecule has 21 heteroatoms. The number of hydrogen-bond acceptors (Lipinski definition) is 14. The molecule has 0 aliphatic heterocycles. The molecule has 0 aliphatic carbocycles. The van der Waals surface area contributed by atoms with E-state index in [1.807, 2.05) is 101 Å². The molecule has 4 heterocycles. The normalized spacial score (nSPS) is 13.3. The summed E-state index contributed by atoms with van der Waals surface area (Å²) in [4.78, 5) is 17.4. The lowest BCUT2D eigenvalue weighted by Gasteiger charge is -2.25. The molecule has 0 saturated heterocycles. The van der Waals surface area contributed by atoms with Crippen molar-refractivity contribution in [3.63, 3.8) is 0 Å². The van der Waals surface area contributed by atoms with Crippen LogP contribution >= 0.6 is 41.8 Å². The maximum Gasteiger partial charge on any atom is 0.163 e. The third-order valence-corrected chi connectivity index (χ3v) is 16.5. The fourth-order valence-electron chi connectivity index (χ4n) is 7.46. The van der Waals surface area contributed by atoms with E-state index in [2.05, 4.69) is 85.3 Å². The Balaban J connectivity index is 0.000000370. The van der Waals surface area contributed by atoms with E-state index in [4.69, 9.17) is 9.47 Å². The first-order chi connectivity index (χ1) is 33.1. The Morgan fingerprint density at radius 1 is 0.569 bits per heavy atom. The number of aryl methyl sites for hydroxylation is 6. The molecule has 0 amide bonds. The molecule has 0 saturated carbocycles. The highest BCUT2D eigenvalue weighted by Gasteiger charge is 2.37. The number of para-hydroxylation sites is 2. The summed E-state index contributed by atoms with van der Waals surface area (Å²) in [7, 11) is -7.49.